The van der Waals surface area contributed by atoms with E-state index in [2.05, 4.69) is 0 Å². The first-order valence-electron chi connectivity index (χ1n) is 3.27. The summed E-state index contributed by atoms with van der Waals surface area (Å²) in [5, 5.41) is 8.21. The zero-order valence-corrected chi connectivity index (χ0v) is 6.29. The Labute approximate surface area is 60.4 Å². The van der Waals surface area contributed by atoms with Crippen molar-refractivity contribution in [3.63, 3.8) is 0 Å². The van der Waals surface area contributed by atoms with E-state index in [4.69, 9.17) is 10.9 Å². The summed E-state index contributed by atoms with van der Waals surface area (Å²) in [5.41, 5.74) is 6.89. The summed E-state index contributed by atoms with van der Waals surface area (Å²) in [6.45, 7) is 4.04. The Morgan fingerprint density at radius 3 is 2.50 bits per heavy atom. The van der Waals surface area contributed by atoms with Crippen molar-refractivity contribution < 1.29 is 10.0 Å². The largest absolute Gasteiger partial charge is 0.330 e. The first-order chi connectivity index (χ1) is 4.63. The summed E-state index contributed by atoms with van der Waals surface area (Å²) >= 11 is 0. The molecule has 2 unspecified atom stereocenters. The summed E-state index contributed by atoms with van der Waals surface area (Å²) in [7, 11) is 0. The number of nitrogens with one attached hydrogen (secondary N) is 1. The number of hydroxylamine groups is 1. The van der Waals surface area contributed by atoms with Gasteiger partial charge in [-0.05, 0) is 12.5 Å². The van der Waals surface area contributed by atoms with Crippen LogP contribution in [0.2, 0.25) is 0 Å². The van der Waals surface area contributed by atoms with Crippen LogP contribution in [0.15, 0.2) is 0 Å². The molecule has 0 spiro atoms. The Hall–Kier alpha value is -0.610. The van der Waals surface area contributed by atoms with Crippen LogP contribution < -0.4 is 11.2 Å². The maximum Gasteiger partial charge on any atom is 0.246 e. The Morgan fingerprint density at radius 1 is 1.70 bits per heavy atom. The highest BCUT2D eigenvalue weighted by atomic mass is 16.5. The molecule has 0 fully saturated rings. The van der Waals surface area contributed by atoms with Gasteiger partial charge < -0.3 is 5.73 Å². The summed E-state index contributed by atoms with van der Waals surface area (Å²) in [6.07, 6.45) is 0. The third-order valence-corrected chi connectivity index (χ3v) is 1.75. The molecule has 10 heavy (non-hydrogen) atoms. The number of carbonyl (C=O) groups excluding carboxylic acids is 1. The molecule has 0 saturated heterocycles. The second-order valence-electron chi connectivity index (χ2n) is 2.48. The zero-order valence-electron chi connectivity index (χ0n) is 6.29. The van der Waals surface area contributed by atoms with E-state index in [1.54, 1.807) is 12.4 Å². The summed E-state index contributed by atoms with van der Waals surface area (Å²) < 4.78 is 0. The van der Waals surface area contributed by atoms with Gasteiger partial charge in [0.25, 0.3) is 0 Å². The zero-order chi connectivity index (χ0) is 8.15. The summed E-state index contributed by atoms with van der Waals surface area (Å²) in [5.74, 6) is -0.500. The lowest BCUT2D eigenvalue weighted by Crippen LogP contribution is -2.32. The van der Waals surface area contributed by atoms with E-state index in [0.717, 1.165) is 0 Å². The van der Waals surface area contributed by atoms with Crippen LogP contribution in [0.5, 0.6) is 0 Å². The maximum absolute atomic E-state index is 10.7. The van der Waals surface area contributed by atoms with E-state index in [-0.39, 0.29) is 17.7 Å². The standard InChI is InChI=1S/C6H14N2O2/c1-4(3-7)5(2)6(9)8-10/h4-5,10H,3,7H2,1-2H3,(H,8,9). The van der Waals surface area contributed by atoms with E-state index < -0.39 is 0 Å². The molecule has 0 aliphatic rings. The second kappa shape index (κ2) is 4.24. The molecule has 0 aromatic heterocycles. The van der Waals surface area contributed by atoms with E-state index in [9.17, 15) is 4.79 Å². The molecule has 0 aromatic carbocycles. The number of hydrogen-bond donors (Lipinski definition) is 3. The van der Waals surface area contributed by atoms with Gasteiger partial charge in [0.2, 0.25) is 5.91 Å². The van der Waals surface area contributed by atoms with Crippen LogP contribution in [0.3, 0.4) is 0 Å². The van der Waals surface area contributed by atoms with Gasteiger partial charge in [-0.2, -0.15) is 0 Å². The van der Waals surface area contributed by atoms with Crippen molar-refractivity contribution in [2.24, 2.45) is 17.6 Å². The lowest BCUT2D eigenvalue weighted by atomic mass is 9.96. The molecular weight excluding hydrogens is 132 g/mol. The Balaban J connectivity index is 3.81. The number of nitrogens with two attached hydrogens (primary N) is 1. The molecule has 60 valence electrons. The van der Waals surface area contributed by atoms with Crippen LogP contribution in [0, 0.1) is 11.8 Å². The van der Waals surface area contributed by atoms with Gasteiger partial charge >= 0.3 is 0 Å². The van der Waals surface area contributed by atoms with Crippen molar-refractivity contribution in [1.82, 2.24) is 5.48 Å². The first-order valence-corrected chi connectivity index (χ1v) is 3.27. The van der Waals surface area contributed by atoms with Gasteiger partial charge in [0.15, 0.2) is 0 Å². The molecule has 0 heterocycles. The molecule has 4 N–H and O–H groups in total. The number of rotatable bonds is 3. The average molecular weight is 146 g/mol. The fourth-order valence-electron chi connectivity index (χ4n) is 0.564. The van der Waals surface area contributed by atoms with E-state index in [0.29, 0.717) is 6.54 Å². The molecule has 4 nitrogen and oxygen atoms in total. The lowest BCUT2D eigenvalue weighted by molar-refractivity contribution is -0.134. The van der Waals surface area contributed by atoms with Crippen molar-refractivity contribution >= 4 is 5.91 Å². The lowest BCUT2D eigenvalue weighted by Gasteiger charge is -2.14. The Kier molecular flexibility index (Phi) is 3.99. The van der Waals surface area contributed by atoms with E-state index in [1.807, 2.05) is 6.92 Å². The quantitative estimate of drug-likeness (QED) is 0.378. The fraction of sp³-hybridized carbons (Fsp3) is 0.833. The molecule has 2 atom stereocenters. The monoisotopic (exact) mass is 146 g/mol. The molecule has 0 aliphatic carbocycles. The molecule has 1 amide bonds. The predicted molar refractivity (Wildman–Crippen MR) is 37.3 cm³/mol. The molecule has 0 saturated carbocycles. The van der Waals surface area contributed by atoms with Crippen molar-refractivity contribution in [1.29, 1.82) is 0 Å². The van der Waals surface area contributed by atoms with Crippen LogP contribution in [0.1, 0.15) is 13.8 Å². The number of amides is 1. The second-order valence-corrected chi connectivity index (χ2v) is 2.48. The highest BCUT2D eigenvalue weighted by Crippen LogP contribution is 2.07. The van der Waals surface area contributed by atoms with Crippen LogP contribution in [0.4, 0.5) is 0 Å². The van der Waals surface area contributed by atoms with Gasteiger partial charge in [-0.25, -0.2) is 5.48 Å². The van der Waals surface area contributed by atoms with Gasteiger partial charge in [-0.1, -0.05) is 13.8 Å². The Bertz CT molecular complexity index is 116. The minimum atomic E-state index is -0.377. The van der Waals surface area contributed by atoms with Gasteiger partial charge in [0.1, 0.15) is 0 Å². The number of hydrogen-bond acceptors (Lipinski definition) is 3. The minimum absolute atomic E-state index is 0.104. The first kappa shape index (κ1) is 9.39. The summed E-state index contributed by atoms with van der Waals surface area (Å²) in [6, 6.07) is 0. The topological polar surface area (TPSA) is 75.4 Å². The highest BCUT2D eigenvalue weighted by molar-refractivity contribution is 5.77. The van der Waals surface area contributed by atoms with Gasteiger partial charge in [-0.3, -0.25) is 10.0 Å². The van der Waals surface area contributed by atoms with Crippen LogP contribution >= 0.6 is 0 Å². The average Bonchev–Trinajstić information content (AvgIpc) is 2.00. The summed E-state index contributed by atoms with van der Waals surface area (Å²) in [4.78, 5) is 10.7. The SMILES string of the molecule is CC(CN)C(C)C(=O)NO. The van der Waals surface area contributed by atoms with Crippen molar-refractivity contribution in [2.75, 3.05) is 6.54 Å². The van der Waals surface area contributed by atoms with E-state index in [1.165, 1.54) is 0 Å². The van der Waals surface area contributed by atoms with Crippen molar-refractivity contribution in [3.05, 3.63) is 0 Å². The van der Waals surface area contributed by atoms with Crippen LogP contribution in [-0.4, -0.2) is 17.7 Å². The highest BCUT2D eigenvalue weighted by Gasteiger charge is 2.17. The normalized spacial score (nSPS) is 16.0. The molecular formula is C6H14N2O2. The van der Waals surface area contributed by atoms with E-state index >= 15 is 0 Å². The molecule has 0 radical (unpaired) electrons. The van der Waals surface area contributed by atoms with Crippen LogP contribution in [-0.2, 0) is 4.79 Å². The minimum Gasteiger partial charge on any atom is -0.330 e. The third kappa shape index (κ3) is 2.33. The molecule has 0 aliphatic heterocycles. The third-order valence-electron chi connectivity index (χ3n) is 1.75. The smallest absolute Gasteiger partial charge is 0.246 e. The number of carbonyl (C=O) groups is 1. The maximum atomic E-state index is 10.7. The van der Waals surface area contributed by atoms with Crippen molar-refractivity contribution in [2.45, 2.75) is 13.8 Å². The fourth-order valence-corrected chi connectivity index (χ4v) is 0.564. The van der Waals surface area contributed by atoms with Gasteiger partial charge in [-0.15, -0.1) is 0 Å². The predicted octanol–water partition coefficient (Wildman–Crippen LogP) is -0.277. The van der Waals surface area contributed by atoms with Gasteiger partial charge in [0, 0.05) is 5.92 Å². The Morgan fingerprint density at radius 2 is 2.20 bits per heavy atom. The molecule has 4 heteroatoms. The molecule has 0 aromatic rings. The van der Waals surface area contributed by atoms with Crippen LogP contribution in [0.25, 0.3) is 0 Å². The van der Waals surface area contributed by atoms with Crippen molar-refractivity contribution in [3.8, 4) is 0 Å². The van der Waals surface area contributed by atoms with Gasteiger partial charge in [0.05, 0.1) is 0 Å². The molecule has 0 bridgehead atoms. The molecule has 0 rings (SSSR count).